The van der Waals surface area contributed by atoms with Crippen molar-refractivity contribution < 1.29 is 0 Å². The Balaban J connectivity index is 2.66. The second kappa shape index (κ2) is 2.99. The number of fused-ring (bicyclic) bond motifs is 1. The summed E-state index contributed by atoms with van der Waals surface area (Å²) in [7, 11) is 0. The summed E-state index contributed by atoms with van der Waals surface area (Å²) in [5.41, 5.74) is 12.9. The maximum absolute atomic E-state index is 5.51. The van der Waals surface area contributed by atoms with Gasteiger partial charge in [0.1, 0.15) is 0 Å². The lowest BCUT2D eigenvalue weighted by molar-refractivity contribution is 1.07. The van der Waals surface area contributed by atoms with Crippen LogP contribution in [0.25, 0.3) is 10.9 Å². The molecule has 0 atom stereocenters. The normalized spacial score (nSPS) is 10.5. The van der Waals surface area contributed by atoms with Gasteiger partial charge in [0, 0.05) is 18.1 Å². The van der Waals surface area contributed by atoms with Gasteiger partial charge in [-0.1, -0.05) is 6.07 Å². The lowest BCUT2D eigenvalue weighted by Gasteiger charge is -2.00. The van der Waals surface area contributed by atoms with E-state index in [9.17, 15) is 0 Å². The Morgan fingerprint density at radius 3 is 2.92 bits per heavy atom. The lowest BCUT2D eigenvalue weighted by Crippen LogP contribution is -1.97. The molecule has 1 aromatic heterocycles. The zero-order chi connectivity index (χ0) is 9.26. The van der Waals surface area contributed by atoms with Gasteiger partial charge >= 0.3 is 0 Å². The molecule has 0 aliphatic carbocycles. The van der Waals surface area contributed by atoms with Crippen LogP contribution in [0.1, 0.15) is 5.56 Å². The van der Waals surface area contributed by atoms with Gasteiger partial charge in [0.05, 0.1) is 5.52 Å². The zero-order valence-corrected chi connectivity index (χ0v) is 7.07. The highest BCUT2D eigenvalue weighted by molar-refractivity contribution is 5.79. The zero-order valence-electron chi connectivity index (χ0n) is 7.07. The monoisotopic (exact) mass is 174 g/mol. The van der Waals surface area contributed by atoms with Crippen molar-refractivity contribution in [1.29, 1.82) is 0 Å². The van der Waals surface area contributed by atoms with E-state index in [4.69, 9.17) is 11.5 Å². The summed E-state index contributed by atoms with van der Waals surface area (Å²) in [6, 6.07) is 5.80. The Kier molecular flexibility index (Phi) is 1.83. The second-order valence-corrected chi connectivity index (χ2v) is 2.83. The van der Waals surface area contributed by atoms with Gasteiger partial charge in [-0.25, -0.2) is 9.97 Å². The van der Waals surface area contributed by atoms with E-state index in [1.807, 2.05) is 18.2 Å². The van der Waals surface area contributed by atoms with Crippen molar-refractivity contribution >= 4 is 16.9 Å². The van der Waals surface area contributed by atoms with Crippen molar-refractivity contribution in [2.75, 3.05) is 5.73 Å². The van der Waals surface area contributed by atoms with Crippen LogP contribution in [0.5, 0.6) is 0 Å². The molecule has 2 aromatic rings. The fraction of sp³-hybridized carbons (Fsp3) is 0.111. The van der Waals surface area contributed by atoms with E-state index < -0.39 is 0 Å². The molecule has 0 spiro atoms. The van der Waals surface area contributed by atoms with E-state index >= 15 is 0 Å². The first-order valence-corrected chi connectivity index (χ1v) is 4.01. The maximum Gasteiger partial charge on any atom is 0.220 e. The topological polar surface area (TPSA) is 77.8 Å². The second-order valence-electron chi connectivity index (χ2n) is 2.83. The van der Waals surface area contributed by atoms with Crippen LogP contribution >= 0.6 is 0 Å². The molecule has 4 nitrogen and oxygen atoms in total. The molecule has 0 saturated carbocycles. The average molecular weight is 174 g/mol. The molecule has 0 aliphatic rings. The number of benzene rings is 1. The summed E-state index contributed by atoms with van der Waals surface area (Å²) >= 11 is 0. The number of hydrogen-bond acceptors (Lipinski definition) is 4. The van der Waals surface area contributed by atoms with Gasteiger partial charge in [-0.2, -0.15) is 0 Å². The molecule has 4 N–H and O–H groups in total. The van der Waals surface area contributed by atoms with Gasteiger partial charge in [0.25, 0.3) is 0 Å². The predicted molar refractivity (Wildman–Crippen MR) is 51.8 cm³/mol. The highest BCUT2D eigenvalue weighted by Crippen LogP contribution is 2.13. The standard InChI is InChI=1S/C9H10N4/c10-4-6-1-2-8-7(3-6)5-12-9(11)13-8/h1-3,5H,4,10H2,(H2,11,12,13). The predicted octanol–water partition coefficient (Wildman–Crippen LogP) is 0.671. The Labute approximate surface area is 75.6 Å². The SMILES string of the molecule is NCc1ccc2nc(N)ncc2c1. The molecule has 66 valence electrons. The summed E-state index contributed by atoms with van der Waals surface area (Å²) in [6.45, 7) is 0.528. The smallest absolute Gasteiger partial charge is 0.220 e. The Morgan fingerprint density at radius 2 is 2.15 bits per heavy atom. The third kappa shape index (κ3) is 1.43. The Bertz CT molecular complexity index is 439. The van der Waals surface area contributed by atoms with Gasteiger partial charge in [-0.3, -0.25) is 0 Å². The van der Waals surface area contributed by atoms with Crippen molar-refractivity contribution in [2.24, 2.45) is 5.73 Å². The van der Waals surface area contributed by atoms with Crippen LogP contribution < -0.4 is 11.5 Å². The van der Waals surface area contributed by atoms with Gasteiger partial charge in [0.2, 0.25) is 5.95 Å². The van der Waals surface area contributed by atoms with Crippen molar-refractivity contribution in [3.05, 3.63) is 30.0 Å². The van der Waals surface area contributed by atoms with E-state index in [-0.39, 0.29) is 0 Å². The summed E-state index contributed by atoms with van der Waals surface area (Å²) in [4.78, 5) is 7.99. The van der Waals surface area contributed by atoms with Crippen LogP contribution in [-0.2, 0) is 6.54 Å². The van der Waals surface area contributed by atoms with Gasteiger partial charge in [-0.05, 0) is 17.7 Å². The molecule has 2 rings (SSSR count). The van der Waals surface area contributed by atoms with Crippen LogP contribution in [0.3, 0.4) is 0 Å². The third-order valence-electron chi connectivity index (χ3n) is 1.90. The lowest BCUT2D eigenvalue weighted by atomic mass is 10.1. The highest BCUT2D eigenvalue weighted by atomic mass is 15.0. The molecule has 1 heterocycles. The van der Waals surface area contributed by atoms with Crippen LogP contribution in [0.2, 0.25) is 0 Å². The van der Waals surface area contributed by atoms with Crippen molar-refractivity contribution in [3.63, 3.8) is 0 Å². The van der Waals surface area contributed by atoms with E-state index in [0.717, 1.165) is 16.5 Å². The first-order chi connectivity index (χ1) is 6.29. The molecule has 0 fully saturated rings. The first kappa shape index (κ1) is 7.94. The highest BCUT2D eigenvalue weighted by Gasteiger charge is 1.97. The number of rotatable bonds is 1. The maximum atomic E-state index is 5.51. The summed E-state index contributed by atoms with van der Waals surface area (Å²) in [5.74, 6) is 0.299. The number of nitrogens with two attached hydrogens (primary N) is 2. The largest absolute Gasteiger partial charge is 0.368 e. The minimum Gasteiger partial charge on any atom is -0.368 e. The fourth-order valence-corrected chi connectivity index (χ4v) is 1.22. The number of nitrogen functional groups attached to an aromatic ring is 1. The minimum atomic E-state index is 0.299. The molecular weight excluding hydrogens is 164 g/mol. The quantitative estimate of drug-likeness (QED) is 0.666. The van der Waals surface area contributed by atoms with Gasteiger partial charge in [0.15, 0.2) is 0 Å². The first-order valence-electron chi connectivity index (χ1n) is 4.01. The third-order valence-corrected chi connectivity index (χ3v) is 1.90. The molecule has 13 heavy (non-hydrogen) atoms. The van der Waals surface area contributed by atoms with Crippen molar-refractivity contribution in [1.82, 2.24) is 9.97 Å². The van der Waals surface area contributed by atoms with Gasteiger partial charge in [-0.15, -0.1) is 0 Å². The van der Waals surface area contributed by atoms with Crippen molar-refractivity contribution in [3.8, 4) is 0 Å². The number of hydrogen-bond donors (Lipinski definition) is 2. The molecule has 0 unspecified atom stereocenters. The number of anilines is 1. The molecule has 4 heteroatoms. The molecule has 0 radical (unpaired) electrons. The van der Waals surface area contributed by atoms with Gasteiger partial charge < -0.3 is 11.5 Å². The van der Waals surface area contributed by atoms with E-state index in [0.29, 0.717) is 12.5 Å². The summed E-state index contributed by atoms with van der Waals surface area (Å²) in [5, 5.41) is 0.970. The van der Waals surface area contributed by atoms with Crippen LogP contribution in [-0.4, -0.2) is 9.97 Å². The number of aromatic nitrogens is 2. The van der Waals surface area contributed by atoms with Crippen molar-refractivity contribution in [2.45, 2.75) is 6.54 Å². The fourth-order valence-electron chi connectivity index (χ4n) is 1.22. The summed E-state index contributed by atoms with van der Waals surface area (Å²) in [6.07, 6.45) is 1.71. The number of nitrogens with zero attached hydrogens (tertiary/aromatic N) is 2. The molecular formula is C9H10N4. The molecule has 0 saturated heterocycles. The van der Waals surface area contributed by atoms with Crippen LogP contribution in [0.15, 0.2) is 24.4 Å². The van der Waals surface area contributed by atoms with Crippen LogP contribution in [0, 0.1) is 0 Å². The Morgan fingerprint density at radius 1 is 1.31 bits per heavy atom. The molecule has 0 aliphatic heterocycles. The van der Waals surface area contributed by atoms with E-state index in [1.54, 1.807) is 6.20 Å². The Hall–Kier alpha value is -1.68. The van der Waals surface area contributed by atoms with E-state index in [2.05, 4.69) is 9.97 Å². The molecule has 0 amide bonds. The molecule has 0 bridgehead atoms. The minimum absolute atomic E-state index is 0.299. The average Bonchev–Trinajstić information content (AvgIpc) is 2.17. The molecule has 1 aromatic carbocycles. The van der Waals surface area contributed by atoms with E-state index in [1.165, 1.54) is 0 Å². The summed E-state index contributed by atoms with van der Waals surface area (Å²) < 4.78 is 0. The van der Waals surface area contributed by atoms with Crippen LogP contribution in [0.4, 0.5) is 5.95 Å².